The summed E-state index contributed by atoms with van der Waals surface area (Å²) in [6.45, 7) is 9.07. The summed E-state index contributed by atoms with van der Waals surface area (Å²) in [6.07, 6.45) is 12.4. The summed E-state index contributed by atoms with van der Waals surface area (Å²) < 4.78 is 5.89. The van der Waals surface area contributed by atoms with Crippen LogP contribution in [-0.4, -0.2) is 11.9 Å². The molecule has 7 atom stereocenters. The van der Waals surface area contributed by atoms with Gasteiger partial charge in [-0.3, -0.25) is 4.79 Å². The Balaban J connectivity index is 1.73. The average molecular weight is 440 g/mol. The Hall–Kier alpha value is -0.160. The van der Waals surface area contributed by atoms with Crippen molar-refractivity contribution in [1.82, 2.24) is 0 Å². The highest BCUT2D eigenvalue weighted by Gasteiger charge is 2.60. The smallest absolute Gasteiger partial charge is 0.155 e. The third kappa shape index (κ3) is 2.26. The minimum Gasteiger partial charge on any atom is -0.308 e. The van der Waals surface area contributed by atoms with Gasteiger partial charge in [-0.25, -0.2) is 0 Å². The number of hydrogen-bond donors (Lipinski definition) is 0. The van der Waals surface area contributed by atoms with E-state index in [9.17, 15) is 4.79 Å². The fraction of sp³-hybridized carbons (Fsp3) is 0.762. The van der Waals surface area contributed by atoms with Crippen LogP contribution >= 0.6 is 23.0 Å². The molecule has 6 unspecified atom stereocenters. The van der Waals surface area contributed by atoms with E-state index in [2.05, 4.69) is 49.5 Å². The van der Waals surface area contributed by atoms with Crippen molar-refractivity contribution in [2.24, 2.45) is 34.5 Å². The maximum absolute atomic E-state index is 12.1. The van der Waals surface area contributed by atoms with Crippen LogP contribution in [0.15, 0.2) is 24.3 Å². The molecule has 4 aliphatic rings. The third-order valence-corrected chi connectivity index (χ3v) is 9.03. The Morgan fingerprint density at radius 2 is 2.04 bits per heavy atom. The molecule has 0 aromatic carbocycles. The lowest BCUT2D eigenvalue weighted by Gasteiger charge is -2.59. The first-order chi connectivity index (χ1) is 11.4. The predicted octanol–water partition coefficient (Wildman–Crippen LogP) is 5.67. The topological polar surface area (TPSA) is 26.3 Å². The van der Waals surface area contributed by atoms with Gasteiger partial charge in [0.15, 0.2) is 5.78 Å². The number of hydrogen-bond acceptors (Lipinski definition) is 2. The van der Waals surface area contributed by atoms with Crippen molar-refractivity contribution >= 4 is 28.8 Å². The average Bonchev–Trinajstić information content (AvgIpc) is 2.91. The summed E-state index contributed by atoms with van der Waals surface area (Å²) >= 11 is 2.06. The van der Waals surface area contributed by atoms with Crippen LogP contribution in [0.5, 0.6) is 0 Å². The van der Waals surface area contributed by atoms with Crippen molar-refractivity contribution in [1.29, 1.82) is 0 Å². The van der Waals surface area contributed by atoms with Gasteiger partial charge in [-0.2, -0.15) is 0 Å². The molecule has 3 saturated carbocycles. The molecular weight excluding hydrogens is 411 g/mol. The number of ketones is 1. The Kier molecular flexibility index (Phi) is 4.27. The van der Waals surface area contributed by atoms with Gasteiger partial charge in [0.05, 0.1) is 6.10 Å². The number of fused-ring (bicyclic) bond motifs is 5. The molecule has 0 spiro atoms. The quantitative estimate of drug-likeness (QED) is 0.409. The molecule has 24 heavy (non-hydrogen) atoms. The molecule has 0 aromatic heterocycles. The number of rotatable bonds is 2. The zero-order valence-electron chi connectivity index (χ0n) is 14.9. The van der Waals surface area contributed by atoms with Crippen LogP contribution in [0.2, 0.25) is 0 Å². The number of carbonyl (C=O) groups excluding carboxylic acids is 1. The SMILES string of the molecule is C=CC1CCC2C3C[C@@H](OI)C4=CC(=O)CCC4(C)C3CCC12C. The highest BCUT2D eigenvalue weighted by molar-refractivity contribution is 14.1. The van der Waals surface area contributed by atoms with Crippen LogP contribution < -0.4 is 0 Å². The van der Waals surface area contributed by atoms with E-state index in [1.54, 1.807) is 0 Å². The summed E-state index contributed by atoms with van der Waals surface area (Å²) in [7, 11) is 0. The zero-order chi connectivity index (χ0) is 17.1. The van der Waals surface area contributed by atoms with Gasteiger partial charge in [-0.1, -0.05) is 19.9 Å². The normalized spacial score (nSPS) is 50.5. The van der Waals surface area contributed by atoms with E-state index in [0.29, 0.717) is 23.5 Å². The first-order valence-corrected chi connectivity index (χ1v) is 10.5. The molecule has 0 heterocycles. The van der Waals surface area contributed by atoms with Crippen LogP contribution in [0.3, 0.4) is 0 Å². The monoisotopic (exact) mass is 440 g/mol. The molecule has 0 amide bonds. The first-order valence-electron chi connectivity index (χ1n) is 9.59. The minimum absolute atomic E-state index is 0.131. The molecule has 0 saturated heterocycles. The maximum atomic E-state index is 12.1. The second kappa shape index (κ2) is 5.94. The third-order valence-electron chi connectivity index (χ3n) is 8.42. The molecule has 2 nitrogen and oxygen atoms in total. The molecule has 4 aliphatic carbocycles. The number of halogens is 1. The standard InChI is InChI=1S/C21H29IO2/c1-4-13-5-6-16-15-12-19(24-22)18-11-14(23)7-9-21(18,3)17(15)8-10-20(13,16)2/h4,11,13,15-17,19H,1,5-10,12H2,2-3H3/t13?,15?,16?,17?,19-,20?,21?/m1/s1. The molecule has 0 radical (unpaired) electrons. The largest absolute Gasteiger partial charge is 0.308 e. The summed E-state index contributed by atoms with van der Waals surface area (Å²) in [6, 6.07) is 0. The van der Waals surface area contributed by atoms with E-state index in [1.165, 1.54) is 31.3 Å². The van der Waals surface area contributed by atoms with E-state index in [0.717, 1.165) is 30.6 Å². The second-order valence-electron chi connectivity index (χ2n) is 9.14. The Bertz CT molecular complexity index is 597. The molecule has 0 aliphatic heterocycles. The van der Waals surface area contributed by atoms with Crippen molar-refractivity contribution in [3.63, 3.8) is 0 Å². The van der Waals surface area contributed by atoms with Gasteiger partial charge in [0.25, 0.3) is 0 Å². The summed E-state index contributed by atoms with van der Waals surface area (Å²) in [5.41, 5.74) is 1.90. The van der Waals surface area contributed by atoms with Crippen LogP contribution in [-0.2, 0) is 7.86 Å². The Morgan fingerprint density at radius 1 is 1.25 bits per heavy atom. The van der Waals surface area contributed by atoms with E-state index in [4.69, 9.17) is 3.07 Å². The van der Waals surface area contributed by atoms with Crippen molar-refractivity contribution in [3.8, 4) is 0 Å². The van der Waals surface area contributed by atoms with Gasteiger partial charge >= 0.3 is 0 Å². The second-order valence-corrected chi connectivity index (χ2v) is 9.65. The van der Waals surface area contributed by atoms with Gasteiger partial charge in [0.2, 0.25) is 0 Å². The highest BCUT2D eigenvalue weighted by Crippen LogP contribution is 2.67. The highest BCUT2D eigenvalue weighted by atomic mass is 127. The fourth-order valence-corrected chi connectivity index (χ4v) is 7.57. The first kappa shape index (κ1) is 17.3. The van der Waals surface area contributed by atoms with Gasteiger partial charge in [0, 0.05) is 6.42 Å². The molecular formula is C21H29IO2. The molecule has 0 bridgehead atoms. The van der Waals surface area contributed by atoms with Crippen LogP contribution in [0, 0.1) is 34.5 Å². The Labute approximate surface area is 160 Å². The lowest BCUT2D eigenvalue weighted by atomic mass is 9.46. The van der Waals surface area contributed by atoms with Crippen LogP contribution in [0.4, 0.5) is 0 Å². The summed E-state index contributed by atoms with van der Waals surface area (Å²) in [4.78, 5) is 12.1. The molecule has 132 valence electrons. The Morgan fingerprint density at radius 3 is 2.75 bits per heavy atom. The van der Waals surface area contributed by atoms with Crippen molar-refractivity contribution < 1.29 is 7.86 Å². The molecule has 3 fully saturated rings. The van der Waals surface area contributed by atoms with Gasteiger partial charge < -0.3 is 3.07 Å². The van der Waals surface area contributed by atoms with Crippen molar-refractivity contribution in [2.45, 2.75) is 64.9 Å². The van der Waals surface area contributed by atoms with Crippen LogP contribution in [0.1, 0.15) is 58.8 Å². The van der Waals surface area contributed by atoms with E-state index in [1.807, 2.05) is 6.08 Å². The van der Waals surface area contributed by atoms with Crippen LogP contribution in [0.25, 0.3) is 0 Å². The molecule has 4 rings (SSSR count). The lowest BCUT2D eigenvalue weighted by Crippen LogP contribution is -2.53. The maximum Gasteiger partial charge on any atom is 0.155 e. The fourth-order valence-electron chi connectivity index (χ4n) is 7.09. The number of carbonyl (C=O) groups is 1. The number of allylic oxidation sites excluding steroid dienone is 1. The molecule has 0 N–H and O–H groups in total. The minimum atomic E-state index is 0.131. The van der Waals surface area contributed by atoms with E-state index < -0.39 is 0 Å². The summed E-state index contributed by atoms with van der Waals surface area (Å²) in [5.74, 6) is 3.24. The van der Waals surface area contributed by atoms with E-state index >= 15 is 0 Å². The summed E-state index contributed by atoms with van der Waals surface area (Å²) in [5, 5.41) is 0. The zero-order valence-corrected chi connectivity index (χ0v) is 17.1. The van der Waals surface area contributed by atoms with Gasteiger partial charge in [0.1, 0.15) is 23.0 Å². The van der Waals surface area contributed by atoms with Gasteiger partial charge in [-0.15, -0.1) is 6.58 Å². The lowest BCUT2D eigenvalue weighted by molar-refractivity contribution is -0.118. The van der Waals surface area contributed by atoms with Gasteiger partial charge in [-0.05, 0) is 84.7 Å². The molecule has 0 aromatic rings. The predicted molar refractivity (Wildman–Crippen MR) is 105 cm³/mol. The van der Waals surface area contributed by atoms with Crippen molar-refractivity contribution in [3.05, 3.63) is 24.3 Å². The van der Waals surface area contributed by atoms with Crippen molar-refractivity contribution in [2.75, 3.05) is 0 Å². The molecule has 3 heteroatoms. The van der Waals surface area contributed by atoms with E-state index in [-0.39, 0.29) is 11.5 Å².